The number of H-pyrrole nitrogens is 1. The van der Waals surface area contributed by atoms with Crippen LogP contribution in [0.2, 0.25) is 0 Å². The second-order valence-electron chi connectivity index (χ2n) is 6.61. The van der Waals surface area contributed by atoms with Crippen molar-refractivity contribution in [2.75, 3.05) is 0 Å². The van der Waals surface area contributed by atoms with Crippen molar-refractivity contribution in [3.8, 4) is 22.5 Å². The van der Waals surface area contributed by atoms with E-state index in [1.54, 1.807) is 6.92 Å². The van der Waals surface area contributed by atoms with Gasteiger partial charge in [0.25, 0.3) is 0 Å². The lowest BCUT2D eigenvalue weighted by Gasteiger charge is -2.07. The molecule has 0 saturated carbocycles. The summed E-state index contributed by atoms with van der Waals surface area (Å²) in [7, 11) is 0. The van der Waals surface area contributed by atoms with Crippen molar-refractivity contribution in [2.45, 2.75) is 31.2 Å². The van der Waals surface area contributed by atoms with E-state index in [9.17, 15) is 9.59 Å². The standard InChI is InChI=1S/C21H22N4O2S/c1-12-4-8-15(9-5-12)17-18(16-10-6-13(2)7-11-16)24-21(23-17)28-14(3)19(26)25-20(22)27/h4-11,14H,1-3H3,(H,23,24)(H3,22,25,26,27)/t14-/m1/s1. The molecule has 2 aromatic carbocycles. The average molecular weight is 395 g/mol. The van der Waals surface area contributed by atoms with Crippen LogP contribution < -0.4 is 11.1 Å². The van der Waals surface area contributed by atoms with Crippen molar-refractivity contribution in [1.29, 1.82) is 0 Å². The Hall–Kier alpha value is -3.06. The van der Waals surface area contributed by atoms with E-state index in [2.05, 4.69) is 10.3 Å². The van der Waals surface area contributed by atoms with Crippen LogP contribution in [0.15, 0.2) is 53.7 Å². The van der Waals surface area contributed by atoms with Crippen LogP contribution in [0.5, 0.6) is 0 Å². The number of hydrogen-bond acceptors (Lipinski definition) is 4. The fourth-order valence-corrected chi connectivity index (χ4v) is 3.51. The first-order valence-electron chi connectivity index (χ1n) is 8.84. The van der Waals surface area contributed by atoms with Crippen LogP contribution in [0.25, 0.3) is 22.5 Å². The molecule has 0 radical (unpaired) electrons. The van der Waals surface area contributed by atoms with E-state index < -0.39 is 17.2 Å². The molecule has 1 atom stereocenters. The highest BCUT2D eigenvalue weighted by molar-refractivity contribution is 8.00. The second kappa shape index (κ2) is 8.31. The second-order valence-corrected chi connectivity index (χ2v) is 7.94. The van der Waals surface area contributed by atoms with E-state index >= 15 is 0 Å². The number of thioether (sulfide) groups is 1. The minimum atomic E-state index is -0.863. The van der Waals surface area contributed by atoms with E-state index in [0.29, 0.717) is 5.16 Å². The number of primary amides is 1. The quantitative estimate of drug-likeness (QED) is 0.569. The largest absolute Gasteiger partial charge is 0.351 e. The van der Waals surface area contributed by atoms with Gasteiger partial charge in [-0.2, -0.15) is 0 Å². The summed E-state index contributed by atoms with van der Waals surface area (Å²) in [6.45, 7) is 5.77. The molecule has 0 bridgehead atoms. The predicted octanol–water partition coefficient (Wildman–Crippen LogP) is 4.04. The van der Waals surface area contributed by atoms with Gasteiger partial charge in [-0.05, 0) is 20.8 Å². The molecule has 3 aromatic rings. The van der Waals surface area contributed by atoms with Crippen LogP contribution in [0.3, 0.4) is 0 Å². The molecule has 28 heavy (non-hydrogen) atoms. The Morgan fingerprint density at radius 1 is 1.00 bits per heavy atom. The Morgan fingerprint density at radius 2 is 1.54 bits per heavy atom. The van der Waals surface area contributed by atoms with Gasteiger partial charge in [-0.25, -0.2) is 9.78 Å². The van der Waals surface area contributed by atoms with Gasteiger partial charge in [0.15, 0.2) is 5.16 Å². The summed E-state index contributed by atoms with van der Waals surface area (Å²) in [6, 6.07) is 15.4. The maximum atomic E-state index is 12.0. The van der Waals surface area contributed by atoms with Gasteiger partial charge in [-0.15, -0.1) is 0 Å². The molecule has 4 N–H and O–H groups in total. The number of aromatic amines is 1. The van der Waals surface area contributed by atoms with Gasteiger partial charge in [0, 0.05) is 11.1 Å². The fraction of sp³-hybridized carbons (Fsp3) is 0.190. The normalized spacial score (nSPS) is 11.8. The van der Waals surface area contributed by atoms with Crippen LogP contribution in [0, 0.1) is 13.8 Å². The van der Waals surface area contributed by atoms with E-state index in [-0.39, 0.29) is 0 Å². The third kappa shape index (κ3) is 4.61. The Labute approximate surface area is 167 Å². The number of urea groups is 1. The van der Waals surface area contributed by atoms with Crippen LogP contribution >= 0.6 is 11.8 Å². The Kier molecular flexibility index (Phi) is 5.84. The van der Waals surface area contributed by atoms with E-state index in [1.807, 2.05) is 62.4 Å². The Balaban J connectivity index is 1.97. The number of nitrogens with two attached hydrogens (primary N) is 1. The number of carbonyl (C=O) groups excluding carboxylic acids is 2. The maximum absolute atomic E-state index is 12.0. The highest BCUT2D eigenvalue weighted by Gasteiger charge is 2.20. The molecule has 0 spiro atoms. The predicted molar refractivity (Wildman–Crippen MR) is 112 cm³/mol. The molecule has 0 aliphatic carbocycles. The van der Waals surface area contributed by atoms with Crippen LogP contribution in [0.1, 0.15) is 18.1 Å². The molecular weight excluding hydrogens is 372 g/mol. The molecule has 0 aliphatic rings. The first-order chi connectivity index (χ1) is 13.3. The van der Waals surface area contributed by atoms with Gasteiger partial charge in [-0.1, -0.05) is 71.4 Å². The zero-order valence-electron chi connectivity index (χ0n) is 15.9. The third-order valence-corrected chi connectivity index (χ3v) is 5.24. The number of imidazole rings is 1. The van der Waals surface area contributed by atoms with Gasteiger partial charge in [0.2, 0.25) is 5.91 Å². The van der Waals surface area contributed by atoms with Crippen molar-refractivity contribution in [3.05, 3.63) is 59.7 Å². The summed E-state index contributed by atoms with van der Waals surface area (Å²) in [5, 5.41) is 2.16. The third-order valence-electron chi connectivity index (χ3n) is 4.25. The van der Waals surface area contributed by atoms with Crippen molar-refractivity contribution in [2.24, 2.45) is 5.73 Å². The summed E-state index contributed by atoms with van der Waals surface area (Å²) in [4.78, 5) is 30.9. The molecule has 0 aliphatic heterocycles. The van der Waals surface area contributed by atoms with E-state index in [0.717, 1.165) is 22.5 Å². The Bertz CT molecular complexity index is 931. The van der Waals surface area contributed by atoms with Crippen molar-refractivity contribution in [1.82, 2.24) is 15.3 Å². The average Bonchev–Trinajstić information content (AvgIpc) is 3.06. The molecule has 3 rings (SSSR count). The smallest absolute Gasteiger partial charge is 0.318 e. The van der Waals surface area contributed by atoms with Gasteiger partial charge >= 0.3 is 6.03 Å². The highest BCUT2D eigenvalue weighted by Crippen LogP contribution is 2.34. The number of aryl methyl sites for hydroxylation is 2. The summed E-state index contributed by atoms with van der Waals surface area (Å²) in [5.74, 6) is -0.456. The molecular formula is C21H22N4O2S. The molecule has 0 unspecified atom stereocenters. The monoisotopic (exact) mass is 394 g/mol. The van der Waals surface area contributed by atoms with Crippen LogP contribution in [-0.4, -0.2) is 27.2 Å². The lowest BCUT2D eigenvalue weighted by atomic mass is 10.0. The van der Waals surface area contributed by atoms with Gasteiger partial charge < -0.3 is 10.7 Å². The molecule has 0 fully saturated rings. The SMILES string of the molecule is Cc1ccc(-c2nc(S[C@H](C)C(=O)NC(N)=O)[nH]c2-c2ccc(C)cc2)cc1. The summed E-state index contributed by atoms with van der Waals surface area (Å²) in [5.41, 5.74) is 11.1. The lowest BCUT2D eigenvalue weighted by molar-refractivity contribution is -0.119. The summed E-state index contributed by atoms with van der Waals surface area (Å²) in [6.07, 6.45) is 0. The fourth-order valence-electron chi connectivity index (χ4n) is 2.70. The van der Waals surface area contributed by atoms with Crippen molar-refractivity contribution in [3.63, 3.8) is 0 Å². The first-order valence-corrected chi connectivity index (χ1v) is 9.72. The number of imide groups is 1. The van der Waals surface area contributed by atoms with E-state index in [4.69, 9.17) is 10.7 Å². The van der Waals surface area contributed by atoms with Crippen molar-refractivity contribution >= 4 is 23.7 Å². The number of benzene rings is 2. The number of rotatable bonds is 5. The molecule has 144 valence electrons. The molecule has 6 nitrogen and oxygen atoms in total. The molecule has 3 amide bonds. The number of amides is 3. The minimum Gasteiger partial charge on any atom is -0.351 e. The summed E-state index contributed by atoms with van der Waals surface area (Å²) < 4.78 is 0. The van der Waals surface area contributed by atoms with Gasteiger partial charge in [0.05, 0.1) is 16.6 Å². The van der Waals surface area contributed by atoms with Crippen molar-refractivity contribution < 1.29 is 9.59 Å². The zero-order chi connectivity index (χ0) is 20.3. The number of nitrogens with one attached hydrogen (secondary N) is 2. The molecule has 1 aromatic heterocycles. The van der Waals surface area contributed by atoms with Crippen LogP contribution in [-0.2, 0) is 4.79 Å². The molecule has 1 heterocycles. The van der Waals surface area contributed by atoms with E-state index in [1.165, 1.54) is 22.9 Å². The van der Waals surface area contributed by atoms with Crippen LogP contribution in [0.4, 0.5) is 4.79 Å². The summed E-state index contributed by atoms with van der Waals surface area (Å²) >= 11 is 1.24. The van der Waals surface area contributed by atoms with Gasteiger partial charge in [0.1, 0.15) is 0 Å². The van der Waals surface area contributed by atoms with Gasteiger partial charge in [-0.3, -0.25) is 10.1 Å². The molecule has 0 saturated heterocycles. The Morgan fingerprint density at radius 3 is 2.07 bits per heavy atom. The number of hydrogen-bond donors (Lipinski definition) is 3. The topological polar surface area (TPSA) is 101 Å². The number of carbonyl (C=O) groups is 2. The number of aromatic nitrogens is 2. The highest BCUT2D eigenvalue weighted by atomic mass is 32.2. The molecule has 7 heteroatoms. The minimum absolute atomic E-state index is 0.456. The first kappa shape index (κ1) is 19.7. The lowest BCUT2D eigenvalue weighted by Crippen LogP contribution is -2.39. The number of nitrogens with zero attached hydrogens (tertiary/aromatic N) is 1. The maximum Gasteiger partial charge on any atom is 0.318 e. The zero-order valence-corrected chi connectivity index (χ0v) is 16.8.